The van der Waals surface area contributed by atoms with E-state index >= 15 is 0 Å². The third kappa shape index (κ3) is 4.89. The van der Waals surface area contributed by atoms with Gasteiger partial charge in [-0.1, -0.05) is 38.5 Å². The Balaban J connectivity index is 2.37. The molecule has 3 nitrogen and oxygen atoms in total. The molecule has 1 N–H and O–H groups in total. The van der Waals surface area contributed by atoms with Gasteiger partial charge in [-0.2, -0.15) is 0 Å². The van der Waals surface area contributed by atoms with E-state index in [4.69, 9.17) is 4.74 Å². The van der Waals surface area contributed by atoms with Gasteiger partial charge in [0.2, 0.25) is 0 Å². The molecule has 1 aromatic carbocycles. The van der Waals surface area contributed by atoms with Gasteiger partial charge >= 0.3 is 6.09 Å². The number of aryl methyl sites for hydroxylation is 1. The summed E-state index contributed by atoms with van der Waals surface area (Å²) in [4.78, 5) is 11.5. The molecule has 0 spiro atoms. The van der Waals surface area contributed by atoms with Crippen LogP contribution >= 0.6 is 0 Å². The highest BCUT2D eigenvalue weighted by molar-refractivity contribution is 5.84. The van der Waals surface area contributed by atoms with Crippen LogP contribution in [0.1, 0.15) is 26.3 Å². The van der Waals surface area contributed by atoms with Crippen LogP contribution in [0.2, 0.25) is 0 Å². The maximum Gasteiger partial charge on any atom is 0.411 e. The average molecular weight is 235 g/mol. The fourth-order valence-corrected chi connectivity index (χ4v) is 1.19. The van der Waals surface area contributed by atoms with Gasteiger partial charge < -0.3 is 4.74 Å². The Labute approximate surface area is 103 Å². The zero-order chi connectivity index (χ0) is 12.8. The summed E-state index contributed by atoms with van der Waals surface area (Å²) in [5.41, 5.74) is 1.93. The second-order valence-corrected chi connectivity index (χ2v) is 4.81. The molecule has 0 radical (unpaired) electrons. The van der Waals surface area contributed by atoms with Crippen molar-refractivity contribution in [2.75, 3.05) is 11.9 Å². The lowest BCUT2D eigenvalue weighted by atomic mass is 10.00. The lowest BCUT2D eigenvalue weighted by molar-refractivity contribution is 0.133. The average Bonchev–Trinajstić information content (AvgIpc) is 2.29. The van der Waals surface area contributed by atoms with E-state index in [-0.39, 0.29) is 6.09 Å². The van der Waals surface area contributed by atoms with Crippen LogP contribution in [0.25, 0.3) is 0 Å². The topological polar surface area (TPSA) is 38.3 Å². The van der Waals surface area contributed by atoms with Gasteiger partial charge in [0, 0.05) is 5.69 Å². The van der Waals surface area contributed by atoms with Crippen LogP contribution in [0, 0.1) is 18.8 Å². The fourth-order valence-electron chi connectivity index (χ4n) is 1.19. The Bertz CT molecular complexity index is 357. The third-order valence-electron chi connectivity index (χ3n) is 2.91. The smallest absolute Gasteiger partial charge is 0.411 e. The maximum atomic E-state index is 11.5. The molecule has 1 amide bonds. The van der Waals surface area contributed by atoms with Crippen molar-refractivity contribution in [2.45, 2.75) is 27.7 Å². The number of carbonyl (C=O) groups excluding carboxylic acids is 1. The van der Waals surface area contributed by atoms with E-state index in [1.165, 1.54) is 0 Å². The van der Waals surface area contributed by atoms with Crippen molar-refractivity contribution in [1.82, 2.24) is 0 Å². The Morgan fingerprint density at radius 1 is 1.24 bits per heavy atom. The molecule has 0 heterocycles. The lowest BCUT2D eigenvalue weighted by Crippen LogP contribution is -2.19. The maximum absolute atomic E-state index is 11.5. The van der Waals surface area contributed by atoms with Gasteiger partial charge in [-0.3, -0.25) is 5.32 Å². The first-order chi connectivity index (χ1) is 7.99. The molecule has 0 fully saturated rings. The van der Waals surface area contributed by atoms with E-state index in [2.05, 4.69) is 26.1 Å². The number of hydrogen-bond donors (Lipinski definition) is 1. The van der Waals surface area contributed by atoms with Crippen LogP contribution < -0.4 is 5.32 Å². The number of amides is 1. The predicted molar refractivity (Wildman–Crippen MR) is 70.2 cm³/mol. The molecular weight excluding hydrogens is 214 g/mol. The van der Waals surface area contributed by atoms with Crippen molar-refractivity contribution in [2.24, 2.45) is 11.8 Å². The molecule has 17 heavy (non-hydrogen) atoms. The molecule has 0 aromatic heterocycles. The first-order valence-electron chi connectivity index (χ1n) is 5.99. The number of ether oxygens (including phenoxy) is 1. The number of nitrogens with one attached hydrogen (secondary N) is 1. The lowest BCUT2D eigenvalue weighted by Gasteiger charge is -2.15. The Hall–Kier alpha value is -1.51. The van der Waals surface area contributed by atoms with E-state index in [1.807, 2.05) is 31.2 Å². The van der Waals surface area contributed by atoms with Gasteiger partial charge in [0.15, 0.2) is 0 Å². The summed E-state index contributed by atoms with van der Waals surface area (Å²) in [7, 11) is 0. The molecule has 94 valence electrons. The molecule has 3 heteroatoms. The summed E-state index contributed by atoms with van der Waals surface area (Å²) in [5, 5.41) is 2.70. The van der Waals surface area contributed by atoms with Crippen LogP contribution in [0.3, 0.4) is 0 Å². The van der Waals surface area contributed by atoms with E-state index in [0.29, 0.717) is 18.4 Å². The third-order valence-corrected chi connectivity index (χ3v) is 2.91. The monoisotopic (exact) mass is 235 g/mol. The molecule has 0 aliphatic rings. The molecule has 0 saturated carbocycles. The highest BCUT2D eigenvalue weighted by Crippen LogP contribution is 2.11. The van der Waals surface area contributed by atoms with Crippen LogP contribution in [-0.2, 0) is 4.74 Å². The summed E-state index contributed by atoms with van der Waals surface area (Å²) in [6.07, 6.45) is -0.388. The van der Waals surface area contributed by atoms with Crippen LogP contribution in [0.4, 0.5) is 10.5 Å². The van der Waals surface area contributed by atoms with Crippen molar-refractivity contribution < 1.29 is 9.53 Å². The van der Waals surface area contributed by atoms with Crippen molar-refractivity contribution >= 4 is 11.8 Å². The molecular formula is C14H21NO2. The highest BCUT2D eigenvalue weighted by Gasteiger charge is 2.10. The standard InChI is InChI=1S/C14H21NO2/c1-10(2)12(4)9-17-14(16)15-13-7-5-11(3)6-8-13/h5-8,10,12H,9H2,1-4H3,(H,15,16)/t12-/m0/s1. The van der Waals surface area contributed by atoms with Gasteiger partial charge in [-0.15, -0.1) is 0 Å². The molecule has 1 rings (SSSR count). The quantitative estimate of drug-likeness (QED) is 0.861. The summed E-state index contributed by atoms with van der Waals surface area (Å²) in [6.45, 7) is 8.77. The molecule has 0 aliphatic carbocycles. The van der Waals surface area contributed by atoms with Crippen LogP contribution in [0.5, 0.6) is 0 Å². The zero-order valence-electron chi connectivity index (χ0n) is 11.0. The molecule has 0 aliphatic heterocycles. The van der Waals surface area contributed by atoms with Gasteiger partial charge in [-0.25, -0.2) is 4.79 Å². The van der Waals surface area contributed by atoms with Gasteiger partial charge in [-0.05, 0) is 30.9 Å². The number of carbonyl (C=O) groups is 1. The van der Waals surface area contributed by atoms with Gasteiger partial charge in [0.1, 0.15) is 0 Å². The molecule has 0 bridgehead atoms. The summed E-state index contributed by atoms with van der Waals surface area (Å²) in [6, 6.07) is 7.63. The van der Waals surface area contributed by atoms with E-state index in [0.717, 1.165) is 11.3 Å². The van der Waals surface area contributed by atoms with Crippen molar-refractivity contribution in [3.63, 3.8) is 0 Å². The van der Waals surface area contributed by atoms with E-state index in [9.17, 15) is 4.79 Å². The van der Waals surface area contributed by atoms with Crippen molar-refractivity contribution in [1.29, 1.82) is 0 Å². The minimum Gasteiger partial charge on any atom is -0.449 e. The van der Waals surface area contributed by atoms with E-state index in [1.54, 1.807) is 0 Å². The Morgan fingerprint density at radius 2 is 1.82 bits per heavy atom. The number of benzene rings is 1. The molecule has 0 saturated heterocycles. The second-order valence-electron chi connectivity index (χ2n) is 4.81. The van der Waals surface area contributed by atoms with Crippen molar-refractivity contribution in [3.8, 4) is 0 Å². The Kier molecular flexibility index (Phi) is 5.01. The minimum absolute atomic E-state index is 0.374. The van der Waals surface area contributed by atoms with Crippen LogP contribution in [0.15, 0.2) is 24.3 Å². The molecule has 1 atom stereocenters. The zero-order valence-corrected chi connectivity index (χ0v) is 11.0. The highest BCUT2D eigenvalue weighted by atomic mass is 16.5. The summed E-state index contributed by atoms with van der Waals surface area (Å²) < 4.78 is 5.15. The fraction of sp³-hybridized carbons (Fsp3) is 0.500. The molecule has 1 aromatic rings. The second kappa shape index (κ2) is 6.28. The first-order valence-corrected chi connectivity index (χ1v) is 5.99. The normalized spacial score (nSPS) is 12.3. The molecule has 0 unspecified atom stereocenters. The number of hydrogen-bond acceptors (Lipinski definition) is 2. The summed E-state index contributed by atoms with van der Waals surface area (Å²) in [5.74, 6) is 0.890. The summed E-state index contributed by atoms with van der Waals surface area (Å²) >= 11 is 0. The first kappa shape index (κ1) is 13.6. The van der Waals surface area contributed by atoms with Crippen LogP contribution in [-0.4, -0.2) is 12.7 Å². The SMILES string of the molecule is Cc1ccc(NC(=O)OC[C@H](C)C(C)C)cc1. The largest absolute Gasteiger partial charge is 0.449 e. The van der Waals surface area contributed by atoms with Gasteiger partial charge in [0.05, 0.1) is 6.61 Å². The van der Waals surface area contributed by atoms with E-state index < -0.39 is 0 Å². The number of rotatable bonds is 4. The number of anilines is 1. The van der Waals surface area contributed by atoms with Crippen molar-refractivity contribution in [3.05, 3.63) is 29.8 Å². The van der Waals surface area contributed by atoms with Gasteiger partial charge in [0.25, 0.3) is 0 Å². The Morgan fingerprint density at radius 3 is 2.35 bits per heavy atom. The predicted octanol–water partition coefficient (Wildman–Crippen LogP) is 3.84. The minimum atomic E-state index is -0.388.